The minimum Gasteiger partial charge on any atom is -0.361 e. The maximum Gasteiger partial charge on any atom is 0.254 e. The summed E-state index contributed by atoms with van der Waals surface area (Å²) in [6, 6.07) is 16.2. The zero-order valence-corrected chi connectivity index (χ0v) is 17.2. The molecule has 150 valence electrons. The van der Waals surface area contributed by atoms with E-state index in [2.05, 4.69) is 39.7 Å². The summed E-state index contributed by atoms with van der Waals surface area (Å²) in [5.74, 6) is 1.35. The average molecular weight is 410 g/mol. The number of quaternary nitrogens is 1. The van der Waals surface area contributed by atoms with E-state index in [0.717, 1.165) is 42.5 Å². The van der Waals surface area contributed by atoms with Crippen LogP contribution in [0.5, 0.6) is 0 Å². The lowest BCUT2D eigenvalue weighted by molar-refractivity contribution is -0.901. The number of hydrogen-bond donors (Lipinski definition) is 2. The molecule has 1 aliphatic heterocycles. The second-order valence-corrected chi connectivity index (χ2v) is 8.36. The fourth-order valence-corrected chi connectivity index (χ4v) is 4.54. The summed E-state index contributed by atoms with van der Waals surface area (Å²) in [4.78, 5) is 18.8. The molecule has 3 aromatic rings. The van der Waals surface area contributed by atoms with Gasteiger partial charge >= 0.3 is 0 Å². The molecule has 4 rings (SSSR count). The molecule has 0 radical (unpaired) electrons. The summed E-state index contributed by atoms with van der Waals surface area (Å²) >= 11 is 1.50. The Hall–Kier alpha value is -2.64. The van der Waals surface area contributed by atoms with Gasteiger partial charge in [-0.25, -0.2) is 4.98 Å². The van der Waals surface area contributed by atoms with Gasteiger partial charge in [0, 0.05) is 30.0 Å². The quantitative estimate of drug-likeness (QED) is 0.586. The van der Waals surface area contributed by atoms with Gasteiger partial charge in [0.25, 0.3) is 5.91 Å². The summed E-state index contributed by atoms with van der Waals surface area (Å²) in [7, 11) is 0. The third kappa shape index (κ3) is 5.25. The summed E-state index contributed by atoms with van der Waals surface area (Å²) in [6.07, 6.45) is 2.71. The number of nitrogens with zero attached hydrogens (tertiary/aromatic N) is 2. The largest absolute Gasteiger partial charge is 0.361 e. The lowest BCUT2D eigenvalue weighted by atomic mass is 10.2. The van der Waals surface area contributed by atoms with Crippen LogP contribution in [-0.4, -0.2) is 35.2 Å². The minimum absolute atomic E-state index is 0.0529. The topological polar surface area (TPSA) is 72.5 Å². The molecule has 1 amide bonds. The highest BCUT2D eigenvalue weighted by molar-refractivity contribution is 7.98. The molecule has 0 bridgehead atoms. The molecular weight excluding hydrogens is 384 g/mol. The Bertz CT molecular complexity index is 960. The van der Waals surface area contributed by atoms with Gasteiger partial charge in [-0.05, 0) is 19.1 Å². The number of aryl methyl sites for hydroxylation is 1. The van der Waals surface area contributed by atoms with E-state index in [1.165, 1.54) is 22.2 Å². The zero-order valence-electron chi connectivity index (χ0n) is 16.4. The summed E-state index contributed by atoms with van der Waals surface area (Å²) in [6.45, 7) is 4.88. The van der Waals surface area contributed by atoms with E-state index in [-0.39, 0.29) is 11.9 Å². The van der Waals surface area contributed by atoms with Crippen LogP contribution in [-0.2, 0) is 12.3 Å². The number of carbonyl (C=O) groups excluding carboxylic acids is 1. The van der Waals surface area contributed by atoms with Crippen molar-refractivity contribution in [1.29, 1.82) is 0 Å². The van der Waals surface area contributed by atoms with Crippen LogP contribution in [0.4, 0.5) is 0 Å². The van der Waals surface area contributed by atoms with Gasteiger partial charge in [0.05, 0.1) is 30.4 Å². The van der Waals surface area contributed by atoms with Crippen molar-refractivity contribution in [2.45, 2.75) is 36.7 Å². The lowest BCUT2D eigenvalue weighted by Gasteiger charge is -2.15. The Morgan fingerprint density at radius 2 is 2.14 bits per heavy atom. The monoisotopic (exact) mass is 409 g/mol. The molecule has 2 atom stereocenters. The van der Waals surface area contributed by atoms with Crippen LogP contribution in [0.3, 0.4) is 0 Å². The predicted octanol–water partition coefficient (Wildman–Crippen LogP) is 2.26. The molecule has 29 heavy (non-hydrogen) atoms. The Kier molecular flexibility index (Phi) is 6.27. The van der Waals surface area contributed by atoms with Gasteiger partial charge in [0.1, 0.15) is 17.3 Å². The Morgan fingerprint density at radius 1 is 1.28 bits per heavy atom. The fraction of sp³-hybridized carbons (Fsp3) is 0.318. The van der Waals surface area contributed by atoms with Crippen molar-refractivity contribution in [3.63, 3.8) is 0 Å². The van der Waals surface area contributed by atoms with E-state index in [9.17, 15) is 4.79 Å². The molecule has 6 nitrogen and oxygen atoms in total. The van der Waals surface area contributed by atoms with Crippen LogP contribution in [0.25, 0.3) is 0 Å². The van der Waals surface area contributed by atoms with Crippen molar-refractivity contribution in [1.82, 2.24) is 15.5 Å². The molecule has 2 aromatic heterocycles. The number of benzene rings is 1. The Morgan fingerprint density at radius 3 is 2.93 bits per heavy atom. The van der Waals surface area contributed by atoms with Gasteiger partial charge < -0.3 is 14.7 Å². The first kappa shape index (κ1) is 19.7. The van der Waals surface area contributed by atoms with E-state index in [0.29, 0.717) is 11.3 Å². The number of hydrogen-bond acceptors (Lipinski definition) is 5. The van der Waals surface area contributed by atoms with Crippen molar-refractivity contribution in [3.05, 3.63) is 77.3 Å². The number of nitrogens with one attached hydrogen (secondary N) is 2. The van der Waals surface area contributed by atoms with Crippen molar-refractivity contribution < 1.29 is 14.2 Å². The van der Waals surface area contributed by atoms with Crippen LogP contribution in [0, 0.1) is 6.92 Å². The first-order chi connectivity index (χ1) is 14.2. The predicted molar refractivity (Wildman–Crippen MR) is 112 cm³/mol. The molecule has 1 saturated heterocycles. The SMILES string of the molecule is Cc1cc(CSc2ncccc2C(=O)N[C@H]2CC[NH+](Cc3ccccc3)C2)no1. The summed E-state index contributed by atoms with van der Waals surface area (Å²) in [5.41, 5.74) is 2.80. The smallest absolute Gasteiger partial charge is 0.254 e. The van der Waals surface area contributed by atoms with Crippen LogP contribution >= 0.6 is 11.8 Å². The Labute approximate surface area is 174 Å². The van der Waals surface area contributed by atoms with Gasteiger partial charge in [-0.1, -0.05) is 47.3 Å². The third-order valence-corrected chi connectivity index (χ3v) is 6.10. The fourth-order valence-electron chi connectivity index (χ4n) is 3.67. The number of thioether (sulfide) groups is 1. The molecule has 0 spiro atoms. The normalized spacial score (nSPS) is 18.7. The average Bonchev–Trinajstić information content (AvgIpc) is 3.36. The molecule has 1 aromatic carbocycles. The maximum atomic E-state index is 12.9. The van der Waals surface area contributed by atoms with E-state index >= 15 is 0 Å². The molecule has 1 aliphatic rings. The molecule has 3 heterocycles. The summed E-state index contributed by atoms with van der Waals surface area (Å²) in [5, 5.41) is 7.93. The van der Waals surface area contributed by atoms with Crippen molar-refractivity contribution in [2.24, 2.45) is 0 Å². The first-order valence-corrected chi connectivity index (χ1v) is 10.8. The van der Waals surface area contributed by atoms with Crippen LogP contribution < -0.4 is 10.2 Å². The number of carbonyl (C=O) groups is 1. The van der Waals surface area contributed by atoms with Crippen molar-refractivity contribution >= 4 is 17.7 Å². The molecule has 1 fully saturated rings. The second kappa shape index (κ2) is 9.24. The highest BCUT2D eigenvalue weighted by atomic mass is 32.2. The highest BCUT2D eigenvalue weighted by Gasteiger charge is 2.28. The van der Waals surface area contributed by atoms with Crippen LogP contribution in [0.2, 0.25) is 0 Å². The van der Waals surface area contributed by atoms with Gasteiger partial charge in [0.15, 0.2) is 0 Å². The van der Waals surface area contributed by atoms with Crippen LogP contribution in [0.1, 0.15) is 33.8 Å². The second-order valence-electron chi connectivity index (χ2n) is 7.40. The zero-order chi connectivity index (χ0) is 20.1. The molecule has 1 unspecified atom stereocenters. The standard InChI is InChI=1S/C22H24N4O2S/c1-16-12-19(25-28-16)15-29-22-20(8-5-10-23-22)21(27)24-18-9-11-26(14-18)13-17-6-3-2-4-7-17/h2-8,10,12,18H,9,11,13-15H2,1H3,(H,24,27)/p+1/t18-/m0/s1. The van der Waals surface area contributed by atoms with Gasteiger partial charge in [-0.2, -0.15) is 0 Å². The lowest BCUT2D eigenvalue weighted by Crippen LogP contribution is -3.09. The third-order valence-electron chi connectivity index (χ3n) is 5.06. The van der Waals surface area contributed by atoms with E-state index in [1.54, 1.807) is 12.3 Å². The van der Waals surface area contributed by atoms with Crippen molar-refractivity contribution in [3.8, 4) is 0 Å². The number of rotatable bonds is 7. The highest BCUT2D eigenvalue weighted by Crippen LogP contribution is 2.24. The number of likely N-dealkylation sites (tertiary alicyclic amines) is 1. The number of aromatic nitrogens is 2. The van der Waals surface area contributed by atoms with Crippen LogP contribution in [0.15, 0.2) is 64.3 Å². The number of amides is 1. The van der Waals surface area contributed by atoms with E-state index < -0.39 is 0 Å². The Balaban J connectivity index is 1.34. The molecule has 0 aliphatic carbocycles. The van der Waals surface area contributed by atoms with Crippen molar-refractivity contribution in [2.75, 3.05) is 13.1 Å². The van der Waals surface area contributed by atoms with Gasteiger partial charge in [-0.15, -0.1) is 0 Å². The molecule has 2 N–H and O–H groups in total. The molecule has 7 heteroatoms. The van der Waals surface area contributed by atoms with Gasteiger partial charge in [-0.3, -0.25) is 4.79 Å². The number of pyridine rings is 1. The summed E-state index contributed by atoms with van der Waals surface area (Å²) < 4.78 is 5.11. The molecular formula is C22H25N4O2S+. The van der Waals surface area contributed by atoms with E-state index in [4.69, 9.17) is 4.52 Å². The maximum absolute atomic E-state index is 12.9. The molecule has 0 saturated carbocycles. The van der Waals surface area contributed by atoms with Gasteiger partial charge in [0.2, 0.25) is 0 Å². The van der Waals surface area contributed by atoms with E-state index in [1.807, 2.05) is 25.1 Å². The minimum atomic E-state index is -0.0529. The first-order valence-electron chi connectivity index (χ1n) is 9.86.